The molecule has 0 bridgehead atoms. The average molecular weight is 181 g/mol. The maximum atomic E-state index is 10.9. The number of allylic oxidation sites excluding steroid dienone is 1. The number of hydrogen-bond donors (Lipinski definition) is 1. The first-order valence-corrected chi connectivity index (χ1v) is 3.95. The summed E-state index contributed by atoms with van der Waals surface area (Å²) in [4.78, 5) is 10.9. The first-order chi connectivity index (χ1) is 6.07. The lowest BCUT2D eigenvalue weighted by Crippen LogP contribution is -2.27. The van der Waals surface area contributed by atoms with Gasteiger partial charge >= 0.3 is 0 Å². The molecule has 0 aliphatic rings. The predicted molar refractivity (Wildman–Crippen MR) is 53.1 cm³/mol. The molecule has 72 valence electrons. The van der Waals surface area contributed by atoms with Crippen LogP contribution in [0.25, 0.3) is 0 Å². The van der Waals surface area contributed by atoms with Crippen LogP contribution in [0, 0.1) is 0 Å². The Hall–Kier alpha value is -1.51. The van der Waals surface area contributed by atoms with Crippen LogP contribution in [0.1, 0.15) is 6.92 Å². The fraction of sp³-hybridized carbons (Fsp3) is 0.300. The molecule has 0 saturated heterocycles. The van der Waals surface area contributed by atoms with Gasteiger partial charge in [-0.1, -0.05) is 19.7 Å². The molecule has 3 nitrogen and oxygen atoms in total. The highest BCUT2D eigenvalue weighted by atomic mass is 16.5. The zero-order chi connectivity index (χ0) is 10.3. The smallest absolute Gasteiger partial charge is 0.246 e. The standard InChI is InChI=1S/C10H15NO2/c1-5-9(4)13-7-6-11-10(12)8(2)3/h5H,1-2,4,6-7H2,3H3,(H,11,12). The fourth-order valence-corrected chi connectivity index (χ4v) is 0.557. The highest BCUT2D eigenvalue weighted by Gasteiger charge is 1.99. The lowest BCUT2D eigenvalue weighted by molar-refractivity contribution is -0.117. The summed E-state index contributed by atoms with van der Waals surface area (Å²) in [5.74, 6) is 0.345. The normalized spacial score (nSPS) is 8.69. The number of hydrogen-bond acceptors (Lipinski definition) is 2. The molecule has 0 saturated carbocycles. The van der Waals surface area contributed by atoms with E-state index in [4.69, 9.17) is 4.74 Å². The van der Waals surface area contributed by atoms with Crippen LogP contribution in [-0.4, -0.2) is 19.1 Å². The number of ether oxygens (including phenoxy) is 1. The number of rotatable bonds is 6. The Morgan fingerprint density at radius 3 is 2.62 bits per heavy atom. The van der Waals surface area contributed by atoms with Crippen molar-refractivity contribution in [3.8, 4) is 0 Å². The molecule has 3 heteroatoms. The van der Waals surface area contributed by atoms with Crippen molar-refractivity contribution < 1.29 is 9.53 Å². The third kappa shape index (κ3) is 5.73. The Bertz CT molecular complexity index is 231. The Labute approximate surface area is 78.8 Å². The number of carbonyl (C=O) groups excluding carboxylic acids is 1. The van der Waals surface area contributed by atoms with Gasteiger partial charge in [-0.3, -0.25) is 4.79 Å². The predicted octanol–water partition coefficient (Wildman–Crippen LogP) is 1.40. The highest BCUT2D eigenvalue weighted by molar-refractivity contribution is 5.91. The molecule has 0 atom stereocenters. The van der Waals surface area contributed by atoms with Crippen molar-refractivity contribution in [2.45, 2.75) is 6.92 Å². The number of amides is 1. The van der Waals surface area contributed by atoms with Gasteiger partial charge in [-0.05, 0) is 13.0 Å². The summed E-state index contributed by atoms with van der Waals surface area (Å²) < 4.78 is 5.06. The van der Waals surface area contributed by atoms with Crippen molar-refractivity contribution >= 4 is 5.91 Å². The van der Waals surface area contributed by atoms with Crippen LogP contribution in [0.15, 0.2) is 37.1 Å². The van der Waals surface area contributed by atoms with Crippen molar-refractivity contribution in [2.75, 3.05) is 13.2 Å². The molecule has 0 aromatic carbocycles. The first kappa shape index (κ1) is 11.5. The minimum absolute atomic E-state index is 0.159. The molecule has 1 amide bonds. The highest BCUT2D eigenvalue weighted by Crippen LogP contribution is 1.92. The topological polar surface area (TPSA) is 38.3 Å². The molecule has 0 aromatic rings. The van der Waals surface area contributed by atoms with Gasteiger partial charge in [-0.25, -0.2) is 0 Å². The monoisotopic (exact) mass is 181 g/mol. The molecule has 0 heterocycles. The Balaban J connectivity index is 3.46. The molecule has 0 unspecified atom stereocenters. The largest absolute Gasteiger partial charge is 0.492 e. The minimum Gasteiger partial charge on any atom is -0.492 e. The summed E-state index contributed by atoms with van der Waals surface area (Å²) in [6.45, 7) is 13.0. The van der Waals surface area contributed by atoms with E-state index in [9.17, 15) is 4.79 Å². The van der Waals surface area contributed by atoms with Gasteiger partial charge in [0.1, 0.15) is 12.4 Å². The molecular weight excluding hydrogens is 166 g/mol. The van der Waals surface area contributed by atoms with Crippen LogP contribution in [0.3, 0.4) is 0 Å². The summed E-state index contributed by atoms with van der Waals surface area (Å²) in [5.41, 5.74) is 0.488. The van der Waals surface area contributed by atoms with Crippen molar-refractivity contribution in [1.82, 2.24) is 5.32 Å². The average Bonchev–Trinajstić information content (AvgIpc) is 2.11. The van der Waals surface area contributed by atoms with E-state index < -0.39 is 0 Å². The van der Waals surface area contributed by atoms with Crippen LogP contribution < -0.4 is 5.32 Å². The molecule has 0 rings (SSSR count). The third-order valence-electron chi connectivity index (χ3n) is 1.29. The SMILES string of the molecule is C=CC(=C)OCCNC(=O)C(=C)C. The van der Waals surface area contributed by atoms with Gasteiger partial charge in [0, 0.05) is 5.57 Å². The molecule has 1 N–H and O–H groups in total. The Morgan fingerprint density at radius 2 is 2.15 bits per heavy atom. The Kier molecular flexibility index (Phi) is 5.35. The first-order valence-electron chi connectivity index (χ1n) is 3.95. The van der Waals surface area contributed by atoms with Gasteiger partial charge in [0.15, 0.2) is 0 Å². The van der Waals surface area contributed by atoms with Crippen molar-refractivity contribution in [3.05, 3.63) is 37.1 Å². The van der Waals surface area contributed by atoms with Crippen LogP contribution in [0.5, 0.6) is 0 Å². The Morgan fingerprint density at radius 1 is 1.54 bits per heavy atom. The maximum absolute atomic E-state index is 10.9. The summed E-state index contributed by atoms with van der Waals surface area (Å²) in [7, 11) is 0. The van der Waals surface area contributed by atoms with Gasteiger partial charge in [0.05, 0.1) is 6.54 Å². The molecule has 0 aromatic heterocycles. The van der Waals surface area contributed by atoms with E-state index in [1.54, 1.807) is 6.92 Å². The minimum atomic E-state index is -0.159. The second kappa shape index (κ2) is 6.06. The molecule has 0 aliphatic carbocycles. The molecule has 0 spiro atoms. The van der Waals surface area contributed by atoms with E-state index in [1.807, 2.05) is 0 Å². The van der Waals surface area contributed by atoms with E-state index in [2.05, 4.69) is 25.1 Å². The summed E-state index contributed by atoms with van der Waals surface area (Å²) in [6.07, 6.45) is 1.51. The van der Waals surface area contributed by atoms with Crippen molar-refractivity contribution in [3.63, 3.8) is 0 Å². The molecular formula is C10H15NO2. The second-order valence-electron chi connectivity index (χ2n) is 2.56. The summed E-state index contributed by atoms with van der Waals surface area (Å²) >= 11 is 0. The number of nitrogens with one attached hydrogen (secondary N) is 1. The third-order valence-corrected chi connectivity index (χ3v) is 1.29. The van der Waals surface area contributed by atoms with Crippen LogP contribution in [-0.2, 0) is 9.53 Å². The maximum Gasteiger partial charge on any atom is 0.246 e. The zero-order valence-electron chi connectivity index (χ0n) is 7.93. The van der Waals surface area contributed by atoms with Gasteiger partial charge in [0.2, 0.25) is 5.91 Å². The van der Waals surface area contributed by atoms with Crippen molar-refractivity contribution in [2.24, 2.45) is 0 Å². The van der Waals surface area contributed by atoms with Gasteiger partial charge in [-0.2, -0.15) is 0 Å². The lowest BCUT2D eigenvalue weighted by atomic mass is 10.3. The van der Waals surface area contributed by atoms with Crippen LogP contribution in [0.4, 0.5) is 0 Å². The van der Waals surface area contributed by atoms with E-state index >= 15 is 0 Å². The summed E-state index contributed by atoms with van der Waals surface area (Å²) in [6, 6.07) is 0. The lowest BCUT2D eigenvalue weighted by Gasteiger charge is -2.06. The quantitative estimate of drug-likeness (QED) is 0.291. The molecule has 13 heavy (non-hydrogen) atoms. The zero-order valence-corrected chi connectivity index (χ0v) is 7.93. The van der Waals surface area contributed by atoms with Crippen LogP contribution >= 0.6 is 0 Å². The van der Waals surface area contributed by atoms with Gasteiger partial charge < -0.3 is 10.1 Å². The van der Waals surface area contributed by atoms with E-state index in [0.717, 1.165) is 0 Å². The molecule has 0 radical (unpaired) electrons. The fourth-order valence-electron chi connectivity index (χ4n) is 0.557. The molecule has 0 fully saturated rings. The van der Waals surface area contributed by atoms with Gasteiger partial charge in [0.25, 0.3) is 0 Å². The van der Waals surface area contributed by atoms with Gasteiger partial charge in [-0.15, -0.1) is 0 Å². The van der Waals surface area contributed by atoms with E-state index in [0.29, 0.717) is 24.5 Å². The second-order valence-corrected chi connectivity index (χ2v) is 2.56. The summed E-state index contributed by atoms with van der Waals surface area (Å²) in [5, 5.41) is 2.62. The van der Waals surface area contributed by atoms with Crippen LogP contribution in [0.2, 0.25) is 0 Å². The van der Waals surface area contributed by atoms with E-state index in [1.165, 1.54) is 6.08 Å². The van der Waals surface area contributed by atoms with Crippen molar-refractivity contribution in [1.29, 1.82) is 0 Å². The van der Waals surface area contributed by atoms with E-state index in [-0.39, 0.29) is 5.91 Å². The number of carbonyl (C=O) groups is 1. The molecule has 0 aliphatic heterocycles.